The molecule has 5 nitrogen and oxygen atoms in total. The van der Waals surface area contributed by atoms with Crippen LogP contribution in [0, 0.1) is 0 Å². The molecule has 0 aliphatic carbocycles. The normalized spacial score (nSPS) is 11.6. The quantitative estimate of drug-likeness (QED) is 0.798. The Hall–Kier alpha value is -2.82. The van der Waals surface area contributed by atoms with Gasteiger partial charge in [-0.15, -0.1) is 0 Å². The van der Waals surface area contributed by atoms with E-state index in [9.17, 15) is 9.59 Å². The van der Waals surface area contributed by atoms with Gasteiger partial charge in [-0.2, -0.15) is 0 Å². The molecule has 0 aliphatic rings. The zero-order valence-corrected chi connectivity index (χ0v) is 17.6. The van der Waals surface area contributed by atoms with Crippen molar-refractivity contribution in [3.8, 4) is 5.75 Å². The average molecular weight is 383 g/mol. The first kappa shape index (κ1) is 21.5. The molecular weight excluding hydrogens is 352 g/mol. The molecule has 0 atom stereocenters. The van der Waals surface area contributed by atoms with Gasteiger partial charge in [-0.3, -0.25) is 9.59 Å². The van der Waals surface area contributed by atoms with E-state index in [-0.39, 0.29) is 29.4 Å². The van der Waals surface area contributed by atoms with Gasteiger partial charge in [0.25, 0.3) is 11.8 Å². The molecule has 2 aromatic carbocycles. The van der Waals surface area contributed by atoms with E-state index in [1.54, 1.807) is 24.3 Å². The van der Waals surface area contributed by atoms with Crippen molar-refractivity contribution >= 4 is 17.5 Å². The van der Waals surface area contributed by atoms with E-state index in [0.717, 1.165) is 5.56 Å². The van der Waals surface area contributed by atoms with Crippen LogP contribution in [-0.4, -0.2) is 24.0 Å². The Bertz CT molecular complexity index is 845. The van der Waals surface area contributed by atoms with Gasteiger partial charge in [0.05, 0.1) is 0 Å². The number of hydrogen-bond donors (Lipinski definition) is 2. The Labute approximate surface area is 167 Å². The summed E-state index contributed by atoms with van der Waals surface area (Å²) in [5.74, 6) is 0.236. The Balaban J connectivity index is 2.01. The maximum atomic E-state index is 12.3. The Morgan fingerprint density at radius 1 is 0.929 bits per heavy atom. The number of hydrogen-bond acceptors (Lipinski definition) is 3. The largest absolute Gasteiger partial charge is 0.483 e. The van der Waals surface area contributed by atoms with E-state index >= 15 is 0 Å². The first-order valence-corrected chi connectivity index (χ1v) is 9.40. The minimum absolute atomic E-state index is 0.0815. The highest BCUT2D eigenvalue weighted by Crippen LogP contribution is 2.30. The number of rotatable bonds is 5. The molecule has 0 bridgehead atoms. The van der Waals surface area contributed by atoms with E-state index in [1.165, 1.54) is 0 Å². The highest BCUT2D eigenvalue weighted by Gasteiger charge is 2.19. The van der Waals surface area contributed by atoms with Crippen molar-refractivity contribution in [1.82, 2.24) is 5.32 Å². The second-order valence-electron chi connectivity index (χ2n) is 8.87. The van der Waals surface area contributed by atoms with E-state index < -0.39 is 0 Å². The van der Waals surface area contributed by atoms with Crippen molar-refractivity contribution in [2.75, 3.05) is 11.9 Å². The Morgan fingerprint density at radius 3 is 2.25 bits per heavy atom. The van der Waals surface area contributed by atoms with Crippen LogP contribution in [0.4, 0.5) is 5.69 Å². The number of nitrogens with one attached hydrogen (secondary N) is 2. The monoisotopic (exact) mass is 382 g/mol. The van der Waals surface area contributed by atoms with E-state index in [4.69, 9.17) is 4.74 Å². The molecule has 28 heavy (non-hydrogen) atoms. The number of anilines is 1. The van der Waals surface area contributed by atoms with Gasteiger partial charge >= 0.3 is 0 Å². The standard InChI is InChI=1S/C23H30N2O3/c1-22(2,3)18-12-7-8-13-19(18)28-15-20(26)24-17-11-9-10-16(14-17)21(27)25-23(4,5)6/h7-14H,15H2,1-6H3,(H,24,26)(H,25,27). The highest BCUT2D eigenvalue weighted by atomic mass is 16.5. The van der Waals surface area contributed by atoms with E-state index in [1.807, 2.05) is 45.0 Å². The molecule has 0 aliphatic heterocycles. The lowest BCUT2D eigenvalue weighted by Crippen LogP contribution is -2.40. The third kappa shape index (κ3) is 6.41. The number of carbonyl (C=O) groups excluding carboxylic acids is 2. The van der Waals surface area contributed by atoms with Gasteiger partial charge in [-0.1, -0.05) is 45.0 Å². The molecule has 2 N–H and O–H groups in total. The fraction of sp³-hybridized carbons (Fsp3) is 0.391. The lowest BCUT2D eigenvalue weighted by molar-refractivity contribution is -0.118. The van der Waals surface area contributed by atoms with Gasteiger partial charge in [0.15, 0.2) is 6.61 Å². The molecule has 2 amide bonds. The van der Waals surface area contributed by atoms with Crippen LogP contribution < -0.4 is 15.4 Å². The third-order valence-electron chi connectivity index (χ3n) is 3.95. The van der Waals surface area contributed by atoms with Crippen LogP contribution in [-0.2, 0) is 10.2 Å². The molecule has 0 spiro atoms. The number of para-hydroxylation sites is 1. The van der Waals surface area contributed by atoms with Crippen LogP contribution in [0.2, 0.25) is 0 Å². The maximum absolute atomic E-state index is 12.3. The molecule has 2 aromatic rings. The Kier molecular flexibility index (Phi) is 6.49. The number of benzene rings is 2. The summed E-state index contributed by atoms with van der Waals surface area (Å²) in [6.45, 7) is 12.0. The molecule has 0 aromatic heterocycles. The van der Waals surface area contributed by atoms with Crippen LogP contribution in [0.25, 0.3) is 0 Å². The first-order valence-electron chi connectivity index (χ1n) is 9.40. The molecule has 150 valence electrons. The minimum atomic E-state index is -0.329. The number of carbonyl (C=O) groups is 2. The fourth-order valence-electron chi connectivity index (χ4n) is 2.70. The van der Waals surface area contributed by atoms with Crippen molar-refractivity contribution in [2.24, 2.45) is 0 Å². The zero-order valence-electron chi connectivity index (χ0n) is 17.6. The fourth-order valence-corrected chi connectivity index (χ4v) is 2.70. The zero-order chi connectivity index (χ0) is 20.9. The van der Waals surface area contributed by atoms with Crippen LogP contribution >= 0.6 is 0 Å². The van der Waals surface area contributed by atoms with Gasteiger partial charge in [-0.25, -0.2) is 0 Å². The van der Waals surface area contributed by atoms with Crippen molar-refractivity contribution in [3.05, 3.63) is 59.7 Å². The minimum Gasteiger partial charge on any atom is -0.483 e. The molecular formula is C23H30N2O3. The summed E-state index contributed by atoms with van der Waals surface area (Å²) in [6.07, 6.45) is 0. The summed E-state index contributed by atoms with van der Waals surface area (Å²) in [6, 6.07) is 14.6. The molecule has 0 saturated heterocycles. The number of ether oxygens (including phenoxy) is 1. The first-order chi connectivity index (χ1) is 13.0. The molecule has 2 rings (SSSR count). The summed E-state index contributed by atoms with van der Waals surface area (Å²) in [7, 11) is 0. The van der Waals surface area contributed by atoms with Crippen LogP contribution in [0.15, 0.2) is 48.5 Å². The summed E-state index contributed by atoms with van der Waals surface area (Å²) in [5.41, 5.74) is 1.68. The van der Waals surface area contributed by atoms with Gasteiger partial charge in [0, 0.05) is 16.8 Å². The molecule has 0 fully saturated rings. The van der Waals surface area contributed by atoms with Gasteiger partial charge in [0.2, 0.25) is 0 Å². The smallest absolute Gasteiger partial charge is 0.262 e. The molecule has 0 radical (unpaired) electrons. The van der Waals surface area contributed by atoms with Crippen LogP contribution in [0.3, 0.4) is 0 Å². The lowest BCUT2D eigenvalue weighted by Gasteiger charge is -2.22. The lowest BCUT2D eigenvalue weighted by atomic mass is 9.86. The summed E-state index contributed by atoms with van der Waals surface area (Å²) in [5, 5.41) is 5.69. The van der Waals surface area contributed by atoms with Crippen molar-refractivity contribution in [1.29, 1.82) is 0 Å². The SMILES string of the molecule is CC(C)(C)NC(=O)c1cccc(NC(=O)COc2ccccc2C(C)(C)C)c1. The second kappa shape index (κ2) is 8.46. The van der Waals surface area contributed by atoms with Crippen LogP contribution in [0.1, 0.15) is 57.5 Å². The number of amides is 2. The maximum Gasteiger partial charge on any atom is 0.262 e. The second-order valence-corrected chi connectivity index (χ2v) is 8.87. The molecule has 0 heterocycles. The van der Waals surface area contributed by atoms with Crippen molar-refractivity contribution in [3.63, 3.8) is 0 Å². The molecule has 5 heteroatoms. The predicted molar refractivity (Wildman–Crippen MR) is 113 cm³/mol. The molecule has 0 unspecified atom stereocenters. The van der Waals surface area contributed by atoms with E-state index in [0.29, 0.717) is 17.0 Å². The van der Waals surface area contributed by atoms with Crippen molar-refractivity contribution < 1.29 is 14.3 Å². The predicted octanol–water partition coefficient (Wildman–Crippen LogP) is 4.53. The van der Waals surface area contributed by atoms with E-state index in [2.05, 4.69) is 31.4 Å². The van der Waals surface area contributed by atoms with Gasteiger partial charge in [-0.05, 0) is 56.0 Å². The average Bonchev–Trinajstić information content (AvgIpc) is 2.58. The topological polar surface area (TPSA) is 67.4 Å². The van der Waals surface area contributed by atoms with Crippen LogP contribution in [0.5, 0.6) is 5.75 Å². The third-order valence-corrected chi connectivity index (χ3v) is 3.95. The summed E-state index contributed by atoms with van der Waals surface area (Å²) >= 11 is 0. The Morgan fingerprint density at radius 2 is 1.61 bits per heavy atom. The van der Waals surface area contributed by atoms with Gasteiger partial charge in [0.1, 0.15) is 5.75 Å². The highest BCUT2D eigenvalue weighted by molar-refractivity contribution is 5.97. The molecule has 0 saturated carbocycles. The summed E-state index contributed by atoms with van der Waals surface area (Å²) in [4.78, 5) is 24.6. The summed E-state index contributed by atoms with van der Waals surface area (Å²) < 4.78 is 5.75. The van der Waals surface area contributed by atoms with Gasteiger partial charge < -0.3 is 15.4 Å². The van der Waals surface area contributed by atoms with Crippen molar-refractivity contribution in [2.45, 2.75) is 52.5 Å².